The van der Waals surface area contributed by atoms with E-state index in [-0.39, 0.29) is 30.2 Å². The number of para-hydroxylation sites is 2. The fraction of sp³-hybridized carbons (Fsp3) is 0.360. The van der Waals surface area contributed by atoms with Crippen LogP contribution < -0.4 is 14.2 Å². The number of carbonyl (C=O) groups excluding carboxylic acids is 2. The minimum atomic E-state index is -0.353. The maximum Gasteiger partial charge on any atom is 0.233 e. The highest BCUT2D eigenvalue weighted by Crippen LogP contribution is 2.40. The van der Waals surface area contributed by atoms with Gasteiger partial charge in [0.1, 0.15) is 17.7 Å². The lowest BCUT2D eigenvalue weighted by Gasteiger charge is -2.33. The lowest BCUT2D eigenvalue weighted by atomic mass is 10.1. The quantitative estimate of drug-likeness (QED) is 0.326. The first-order chi connectivity index (χ1) is 17.0. The van der Waals surface area contributed by atoms with Gasteiger partial charge in [-0.15, -0.1) is 0 Å². The second kappa shape index (κ2) is 11.4. The Hall–Kier alpha value is -3.37. The molecule has 1 aliphatic heterocycles. The molecule has 1 fully saturated rings. The number of aromatic nitrogens is 2. The zero-order valence-corrected chi connectivity index (χ0v) is 20.7. The topological polar surface area (TPSA) is 100 Å². The highest BCUT2D eigenvalue weighted by Gasteiger charge is 2.27. The van der Waals surface area contributed by atoms with Crippen molar-refractivity contribution in [3.05, 3.63) is 48.2 Å². The summed E-state index contributed by atoms with van der Waals surface area (Å²) in [4.78, 5) is 35.7. The van der Waals surface area contributed by atoms with E-state index in [1.165, 1.54) is 32.9 Å². The Balaban J connectivity index is 1.37. The Labute approximate surface area is 207 Å². The van der Waals surface area contributed by atoms with Crippen LogP contribution in [-0.4, -0.2) is 78.9 Å². The third kappa shape index (κ3) is 5.83. The van der Waals surface area contributed by atoms with Crippen LogP contribution in [0.4, 0.5) is 0 Å². The molecule has 9 nitrogen and oxygen atoms in total. The smallest absolute Gasteiger partial charge is 0.233 e. The van der Waals surface area contributed by atoms with Crippen molar-refractivity contribution >= 4 is 34.5 Å². The number of fused-ring (bicyclic) bond motifs is 1. The number of nitrogens with zero attached hydrogens (tertiary/aromatic N) is 3. The Morgan fingerprint density at radius 1 is 1.11 bits per heavy atom. The summed E-state index contributed by atoms with van der Waals surface area (Å²) < 4.78 is 22.6. The molecule has 1 amide bonds. The van der Waals surface area contributed by atoms with E-state index in [0.717, 1.165) is 11.0 Å². The molecular formula is C25H27N3O6S. The molecule has 3 aromatic rings. The molecule has 1 aromatic heterocycles. The van der Waals surface area contributed by atoms with Crippen LogP contribution in [0.2, 0.25) is 0 Å². The van der Waals surface area contributed by atoms with E-state index >= 15 is 0 Å². The third-order valence-corrected chi connectivity index (χ3v) is 6.44. The maximum absolute atomic E-state index is 12.9. The molecule has 1 aliphatic rings. The summed E-state index contributed by atoms with van der Waals surface area (Å²) in [5, 5.41) is 0.701. The number of amides is 1. The first kappa shape index (κ1) is 24.7. The van der Waals surface area contributed by atoms with Gasteiger partial charge in [-0.1, -0.05) is 23.9 Å². The molecule has 10 heteroatoms. The summed E-state index contributed by atoms with van der Waals surface area (Å²) in [6.07, 6.45) is 1.33. The molecule has 0 spiro atoms. The van der Waals surface area contributed by atoms with Gasteiger partial charge in [0.25, 0.3) is 0 Å². The predicted molar refractivity (Wildman–Crippen MR) is 132 cm³/mol. The number of ether oxygens (including phenoxy) is 4. The number of thioether (sulfide) groups is 1. The maximum atomic E-state index is 12.9. The van der Waals surface area contributed by atoms with Crippen LogP contribution in [0.3, 0.4) is 0 Å². The summed E-state index contributed by atoms with van der Waals surface area (Å²) >= 11 is 1.36. The molecule has 1 unspecified atom stereocenters. The number of Topliss-reactive ketones (excluding diaryl/α,β-unsaturated/α-hetero) is 1. The minimum Gasteiger partial charge on any atom is -0.493 e. The molecule has 0 aliphatic carbocycles. The van der Waals surface area contributed by atoms with E-state index in [9.17, 15) is 9.59 Å². The number of rotatable bonds is 9. The van der Waals surface area contributed by atoms with Crippen molar-refractivity contribution in [2.45, 2.75) is 18.1 Å². The summed E-state index contributed by atoms with van der Waals surface area (Å²) in [6.45, 7) is 2.89. The first-order valence-electron chi connectivity index (χ1n) is 11.1. The SMILES string of the molecule is COc1ccc(C(C)=O)c(OCC2CN(C(=O)CSc3cnc4ccccc4n3)CCO2)c1OC. The van der Waals surface area contributed by atoms with Crippen LogP contribution in [0.15, 0.2) is 47.6 Å². The minimum absolute atomic E-state index is 0.0124. The molecule has 0 radical (unpaired) electrons. The van der Waals surface area contributed by atoms with Crippen molar-refractivity contribution in [3.63, 3.8) is 0 Å². The molecule has 0 saturated carbocycles. The number of hydrogen-bond donors (Lipinski definition) is 0. The van der Waals surface area contributed by atoms with E-state index in [1.807, 2.05) is 24.3 Å². The molecule has 0 N–H and O–H groups in total. The highest BCUT2D eigenvalue weighted by molar-refractivity contribution is 7.99. The number of morpholine rings is 1. The van der Waals surface area contributed by atoms with Gasteiger partial charge in [0.2, 0.25) is 11.7 Å². The predicted octanol–water partition coefficient (Wildman–Crippen LogP) is 3.25. The van der Waals surface area contributed by atoms with Crippen molar-refractivity contribution in [2.75, 3.05) is 46.3 Å². The van der Waals surface area contributed by atoms with Crippen LogP contribution in [0.1, 0.15) is 17.3 Å². The molecule has 35 heavy (non-hydrogen) atoms. The zero-order valence-electron chi connectivity index (χ0n) is 19.9. The fourth-order valence-corrected chi connectivity index (χ4v) is 4.52. The number of methoxy groups -OCH3 is 2. The van der Waals surface area contributed by atoms with Gasteiger partial charge in [-0.25, -0.2) is 4.98 Å². The molecule has 1 saturated heterocycles. The monoisotopic (exact) mass is 497 g/mol. The second-order valence-electron chi connectivity index (χ2n) is 7.86. The van der Waals surface area contributed by atoms with Gasteiger partial charge < -0.3 is 23.8 Å². The van der Waals surface area contributed by atoms with Gasteiger partial charge >= 0.3 is 0 Å². The lowest BCUT2D eigenvalue weighted by molar-refractivity contribution is -0.137. The average molecular weight is 498 g/mol. The van der Waals surface area contributed by atoms with Crippen LogP contribution in [0.25, 0.3) is 11.0 Å². The number of hydrogen-bond acceptors (Lipinski definition) is 9. The zero-order chi connectivity index (χ0) is 24.8. The normalized spacial score (nSPS) is 15.6. The molecule has 1 atom stereocenters. The largest absolute Gasteiger partial charge is 0.493 e. The van der Waals surface area contributed by atoms with Gasteiger partial charge in [-0.3, -0.25) is 14.6 Å². The van der Waals surface area contributed by atoms with Crippen LogP contribution in [0, 0.1) is 0 Å². The lowest BCUT2D eigenvalue weighted by Crippen LogP contribution is -2.48. The number of carbonyl (C=O) groups is 2. The summed E-state index contributed by atoms with van der Waals surface area (Å²) in [5.74, 6) is 1.19. The first-order valence-corrected chi connectivity index (χ1v) is 12.1. The van der Waals surface area contributed by atoms with Crippen LogP contribution >= 0.6 is 11.8 Å². The molecule has 4 rings (SSSR count). The Bertz CT molecular complexity index is 1220. The van der Waals surface area contributed by atoms with E-state index in [1.54, 1.807) is 23.2 Å². The van der Waals surface area contributed by atoms with Gasteiger partial charge in [-0.05, 0) is 31.2 Å². The average Bonchev–Trinajstić information content (AvgIpc) is 2.89. The molecular weight excluding hydrogens is 470 g/mol. The molecule has 0 bridgehead atoms. The van der Waals surface area contributed by atoms with Gasteiger partial charge in [-0.2, -0.15) is 0 Å². The van der Waals surface area contributed by atoms with Gasteiger partial charge in [0.15, 0.2) is 17.3 Å². The van der Waals surface area contributed by atoms with Crippen molar-refractivity contribution in [2.24, 2.45) is 0 Å². The Morgan fingerprint density at radius 3 is 2.66 bits per heavy atom. The van der Waals surface area contributed by atoms with Crippen LogP contribution in [0.5, 0.6) is 17.2 Å². The van der Waals surface area contributed by atoms with Crippen molar-refractivity contribution in [1.29, 1.82) is 0 Å². The van der Waals surface area contributed by atoms with Crippen LogP contribution in [-0.2, 0) is 9.53 Å². The van der Waals surface area contributed by atoms with Gasteiger partial charge in [0.05, 0.1) is 55.9 Å². The van der Waals surface area contributed by atoms with Gasteiger partial charge in [0, 0.05) is 6.54 Å². The van der Waals surface area contributed by atoms with Crippen molar-refractivity contribution in [1.82, 2.24) is 14.9 Å². The number of benzene rings is 2. The molecule has 2 heterocycles. The molecule has 184 valence electrons. The molecule has 2 aromatic carbocycles. The Morgan fingerprint density at radius 2 is 1.91 bits per heavy atom. The summed E-state index contributed by atoms with van der Waals surface area (Å²) in [6, 6.07) is 10.9. The summed E-state index contributed by atoms with van der Waals surface area (Å²) in [5.41, 5.74) is 2.01. The van der Waals surface area contributed by atoms with Crippen molar-refractivity contribution < 1.29 is 28.5 Å². The van der Waals surface area contributed by atoms with E-state index in [4.69, 9.17) is 18.9 Å². The third-order valence-electron chi connectivity index (χ3n) is 5.55. The second-order valence-corrected chi connectivity index (χ2v) is 8.86. The Kier molecular flexibility index (Phi) is 8.04. The van der Waals surface area contributed by atoms with E-state index in [2.05, 4.69) is 9.97 Å². The highest BCUT2D eigenvalue weighted by atomic mass is 32.2. The van der Waals surface area contributed by atoms with Crippen molar-refractivity contribution in [3.8, 4) is 17.2 Å². The van der Waals surface area contributed by atoms with E-state index < -0.39 is 0 Å². The standard InChI is InChI=1S/C25H27N3O6S/c1-16(29)18-8-9-21(31-2)25(32-3)24(18)34-14-17-13-28(10-11-33-17)23(30)15-35-22-12-26-19-6-4-5-7-20(19)27-22/h4-9,12,17H,10-11,13-15H2,1-3H3. The van der Waals surface area contributed by atoms with E-state index in [0.29, 0.717) is 47.5 Å². The number of ketones is 1. The summed E-state index contributed by atoms with van der Waals surface area (Å²) in [7, 11) is 3.01. The fourth-order valence-electron chi connectivity index (χ4n) is 3.78.